The number of nitrogens with one attached hydrogen (secondary N) is 1. The molecule has 1 aliphatic heterocycles. The molecule has 2 unspecified atom stereocenters. The summed E-state index contributed by atoms with van der Waals surface area (Å²) in [6, 6.07) is 0.322. The molecule has 1 saturated heterocycles. The summed E-state index contributed by atoms with van der Waals surface area (Å²) < 4.78 is 0. The average molecular weight is 272 g/mol. The van der Waals surface area contributed by atoms with E-state index < -0.39 is 0 Å². The van der Waals surface area contributed by atoms with Crippen molar-refractivity contribution in [3.63, 3.8) is 0 Å². The number of hydrogen-bond donors (Lipinski definition) is 1. The lowest BCUT2D eigenvalue weighted by Gasteiger charge is -2.40. The molecule has 0 aliphatic carbocycles. The van der Waals surface area contributed by atoms with Crippen molar-refractivity contribution < 1.29 is 4.79 Å². The van der Waals surface area contributed by atoms with Gasteiger partial charge in [-0.3, -0.25) is 4.79 Å². The Bertz CT molecular complexity index is 259. The third-order valence-corrected chi connectivity index (χ3v) is 4.86. The van der Waals surface area contributed by atoms with Crippen LogP contribution in [0.4, 0.5) is 0 Å². The van der Waals surface area contributed by atoms with Crippen molar-refractivity contribution in [2.45, 2.75) is 45.6 Å². The van der Waals surface area contributed by atoms with E-state index in [1.165, 1.54) is 0 Å². The predicted molar refractivity (Wildman–Crippen MR) is 80.1 cm³/mol. The largest absolute Gasteiger partial charge is 0.342 e. The van der Waals surface area contributed by atoms with E-state index in [0.717, 1.165) is 44.5 Å². The number of carbonyl (C=O) groups excluding carboxylic acids is 1. The van der Waals surface area contributed by atoms with Gasteiger partial charge in [0.1, 0.15) is 0 Å². The third kappa shape index (κ3) is 3.64. The molecular weight excluding hydrogens is 244 g/mol. The standard InChI is InChI=1S/C14H28N2OS/c1-5-7-14(8-6-9-15-11-14)13(17)16(3)12(2)10-18-4/h12,15H,5-11H2,1-4H3. The normalized spacial score (nSPS) is 25.8. The smallest absolute Gasteiger partial charge is 0.230 e. The number of carbonyl (C=O) groups is 1. The highest BCUT2D eigenvalue weighted by molar-refractivity contribution is 7.98. The Hall–Kier alpha value is -0.220. The highest BCUT2D eigenvalue weighted by Gasteiger charge is 2.41. The second kappa shape index (κ2) is 7.39. The quantitative estimate of drug-likeness (QED) is 0.805. The predicted octanol–water partition coefficient (Wildman–Crippen LogP) is 2.37. The summed E-state index contributed by atoms with van der Waals surface area (Å²) in [6.45, 7) is 6.23. The lowest BCUT2D eigenvalue weighted by Crippen LogP contribution is -2.53. The van der Waals surface area contributed by atoms with Crippen LogP contribution in [0.5, 0.6) is 0 Å². The first-order valence-corrected chi connectivity index (χ1v) is 8.43. The van der Waals surface area contributed by atoms with E-state index in [1.807, 2.05) is 11.9 Å². The van der Waals surface area contributed by atoms with Crippen LogP contribution in [0.1, 0.15) is 39.5 Å². The first kappa shape index (κ1) is 15.8. The minimum Gasteiger partial charge on any atom is -0.342 e. The Balaban J connectivity index is 2.75. The second-order valence-corrected chi connectivity index (χ2v) is 6.44. The van der Waals surface area contributed by atoms with Gasteiger partial charge in [0, 0.05) is 25.4 Å². The van der Waals surface area contributed by atoms with Crippen molar-refractivity contribution in [3.8, 4) is 0 Å². The van der Waals surface area contributed by atoms with Crippen molar-refractivity contribution in [2.75, 3.05) is 32.1 Å². The fraction of sp³-hybridized carbons (Fsp3) is 0.929. The van der Waals surface area contributed by atoms with Crippen LogP contribution in [0, 0.1) is 5.41 Å². The maximum atomic E-state index is 12.8. The van der Waals surface area contributed by atoms with Crippen molar-refractivity contribution >= 4 is 17.7 Å². The first-order chi connectivity index (χ1) is 8.57. The summed E-state index contributed by atoms with van der Waals surface area (Å²) in [7, 11) is 1.97. The van der Waals surface area contributed by atoms with Crippen LogP contribution in [0.3, 0.4) is 0 Å². The van der Waals surface area contributed by atoms with Crippen molar-refractivity contribution in [2.24, 2.45) is 5.41 Å². The number of nitrogens with zero attached hydrogens (tertiary/aromatic N) is 1. The van der Waals surface area contributed by atoms with E-state index in [4.69, 9.17) is 0 Å². The molecule has 1 heterocycles. The Morgan fingerprint density at radius 2 is 2.28 bits per heavy atom. The lowest BCUT2D eigenvalue weighted by atomic mass is 9.75. The molecule has 2 atom stereocenters. The lowest BCUT2D eigenvalue weighted by molar-refractivity contribution is -0.144. The highest BCUT2D eigenvalue weighted by atomic mass is 32.2. The van der Waals surface area contributed by atoms with Crippen LogP contribution in [-0.2, 0) is 4.79 Å². The molecule has 0 bridgehead atoms. The van der Waals surface area contributed by atoms with Crippen LogP contribution < -0.4 is 5.32 Å². The molecule has 106 valence electrons. The Kier molecular flexibility index (Phi) is 6.50. The molecule has 0 spiro atoms. The van der Waals surface area contributed by atoms with Crippen LogP contribution in [0.25, 0.3) is 0 Å². The minimum absolute atomic E-state index is 0.144. The average Bonchev–Trinajstić information content (AvgIpc) is 2.38. The molecule has 0 saturated carbocycles. The van der Waals surface area contributed by atoms with Gasteiger partial charge in [-0.05, 0) is 39.0 Å². The molecule has 1 fully saturated rings. The van der Waals surface area contributed by atoms with Gasteiger partial charge in [-0.1, -0.05) is 13.3 Å². The van der Waals surface area contributed by atoms with Gasteiger partial charge in [0.2, 0.25) is 5.91 Å². The van der Waals surface area contributed by atoms with Gasteiger partial charge >= 0.3 is 0 Å². The highest BCUT2D eigenvalue weighted by Crippen LogP contribution is 2.34. The van der Waals surface area contributed by atoms with Crippen molar-refractivity contribution in [3.05, 3.63) is 0 Å². The van der Waals surface area contributed by atoms with E-state index in [-0.39, 0.29) is 5.41 Å². The van der Waals surface area contributed by atoms with Crippen LogP contribution in [0.2, 0.25) is 0 Å². The Morgan fingerprint density at radius 1 is 1.56 bits per heavy atom. The van der Waals surface area contributed by atoms with Gasteiger partial charge < -0.3 is 10.2 Å². The molecule has 0 radical (unpaired) electrons. The molecule has 4 heteroatoms. The second-order valence-electron chi connectivity index (χ2n) is 5.53. The van der Waals surface area contributed by atoms with E-state index in [9.17, 15) is 4.79 Å². The van der Waals surface area contributed by atoms with Crippen LogP contribution >= 0.6 is 11.8 Å². The number of piperidine rings is 1. The fourth-order valence-corrected chi connectivity index (χ4v) is 3.58. The van der Waals surface area contributed by atoms with E-state index >= 15 is 0 Å². The van der Waals surface area contributed by atoms with Crippen LogP contribution in [0.15, 0.2) is 0 Å². The molecule has 18 heavy (non-hydrogen) atoms. The zero-order chi connectivity index (χ0) is 13.6. The monoisotopic (exact) mass is 272 g/mol. The maximum absolute atomic E-state index is 12.8. The first-order valence-electron chi connectivity index (χ1n) is 7.04. The number of amides is 1. The molecule has 1 amide bonds. The summed E-state index contributed by atoms with van der Waals surface area (Å²) in [5.41, 5.74) is -0.144. The van der Waals surface area contributed by atoms with Crippen LogP contribution in [-0.4, -0.2) is 49.0 Å². The zero-order valence-corrected chi connectivity index (χ0v) is 13.1. The van der Waals surface area contributed by atoms with Gasteiger partial charge in [-0.25, -0.2) is 0 Å². The van der Waals surface area contributed by atoms with Gasteiger partial charge in [-0.2, -0.15) is 11.8 Å². The van der Waals surface area contributed by atoms with E-state index in [2.05, 4.69) is 25.4 Å². The summed E-state index contributed by atoms with van der Waals surface area (Å²) in [5.74, 6) is 1.36. The molecule has 1 N–H and O–H groups in total. The summed E-state index contributed by atoms with van der Waals surface area (Å²) in [4.78, 5) is 14.8. The molecular formula is C14H28N2OS. The molecule has 3 nitrogen and oxygen atoms in total. The molecule has 1 aliphatic rings. The van der Waals surface area contributed by atoms with Gasteiger partial charge in [-0.15, -0.1) is 0 Å². The summed E-state index contributed by atoms with van der Waals surface area (Å²) >= 11 is 1.80. The number of rotatable bonds is 6. The van der Waals surface area contributed by atoms with Gasteiger partial charge in [0.15, 0.2) is 0 Å². The SMILES string of the molecule is CCCC1(C(=O)N(C)C(C)CSC)CCCNC1. The molecule has 1 rings (SSSR count). The van der Waals surface area contributed by atoms with Gasteiger partial charge in [0.25, 0.3) is 0 Å². The zero-order valence-electron chi connectivity index (χ0n) is 12.3. The Labute approximate surface area is 116 Å². The molecule has 0 aromatic carbocycles. The van der Waals surface area contributed by atoms with Crippen molar-refractivity contribution in [1.82, 2.24) is 10.2 Å². The Morgan fingerprint density at radius 3 is 2.78 bits per heavy atom. The van der Waals surface area contributed by atoms with Crippen molar-refractivity contribution in [1.29, 1.82) is 0 Å². The molecule has 0 aromatic rings. The minimum atomic E-state index is -0.144. The number of thioether (sulfide) groups is 1. The topological polar surface area (TPSA) is 32.3 Å². The fourth-order valence-electron chi connectivity index (χ4n) is 2.88. The van der Waals surface area contributed by atoms with E-state index in [1.54, 1.807) is 11.8 Å². The van der Waals surface area contributed by atoms with E-state index in [0.29, 0.717) is 11.9 Å². The summed E-state index contributed by atoms with van der Waals surface area (Å²) in [5, 5.41) is 3.41. The molecule has 0 aromatic heterocycles. The maximum Gasteiger partial charge on any atom is 0.230 e. The van der Waals surface area contributed by atoms with Gasteiger partial charge in [0.05, 0.1) is 5.41 Å². The summed E-state index contributed by atoms with van der Waals surface area (Å²) in [6.07, 6.45) is 6.35. The number of hydrogen-bond acceptors (Lipinski definition) is 3. The third-order valence-electron chi connectivity index (χ3n) is 4.04.